The molecule has 2 atom stereocenters. The molecule has 0 aromatic rings. The summed E-state index contributed by atoms with van der Waals surface area (Å²) in [4.78, 5) is 15.5. The minimum atomic E-state index is 0. The van der Waals surface area contributed by atoms with Crippen LogP contribution in [0.2, 0.25) is 0 Å². The zero-order valence-corrected chi connectivity index (χ0v) is 20.7. The Balaban J connectivity index is -0.0000000975. The Labute approximate surface area is 182 Å². The van der Waals surface area contributed by atoms with Crippen LogP contribution in [0.1, 0.15) is 69.2 Å². The van der Waals surface area contributed by atoms with E-state index in [1.54, 1.807) is 0 Å². The molecule has 0 rings (SSSR count). The fourth-order valence-corrected chi connectivity index (χ4v) is 1.85. The maximum atomic E-state index is 7.75. The van der Waals surface area contributed by atoms with Gasteiger partial charge in [-0.15, -0.1) is 12.1 Å². The average Bonchev–Trinajstić information content (AvgIpc) is 2.57. The molecule has 0 heterocycles. The summed E-state index contributed by atoms with van der Waals surface area (Å²) in [6.45, 7) is 29.4. The van der Waals surface area contributed by atoms with Gasteiger partial charge in [0.05, 0.1) is 0 Å². The zero-order valence-electron chi connectivity index (χ0n) is 19.0. The van der Waals surface area contributed by atoms with Gasteiger partial charge >= 0.3 is 19.5 Å². The molecule has 0 fully saturated rings. The number of nitrogens with zero attached hydrogens (tertiary/aromatic N) is 4. The Morgan fingerprint density at radius 3 is 0.926 bits per heavy atom. The summed E-state index contributed by atoms with van der Waals surface area (Å²) in [7, 11) is 0. The molecule has 0 radical (unpaired) electrons. The molecule has 0 aromatic carbocycles. The minimum absolute atomic E-state index is 0. The number of rotatable bonds is 10. The molecule has 0 aliphatic heterocycles. The van der Waals surface area contributed by atoms with Crippen molar-refractivity contribution in [2.45, 2.75) is 93.7 Å². The van der Waals surface area contributed by atoms with E-state index in [4.69, 9.17) is 9.59 Å². The van der Waals surface area contributed by atoms with E-state index in [0.29, 0.717) is 23.9 Å². The molecule has 27 heavy (non-hydrogen) atoms. The van der Waals surface area contributed by atoms with Crippen LogP contribution in [0.5, 0.6) is 0 Å². The number of hydrogen-bond acceptors (Lipinski definition) is 2. The number of hydrogen-bond donors (Lipinski definition) is 0. The molecule has 0 aliphatic rings. The third-order valence-corrected chi connectivity index (χ3v) is 2.83. The Hall–Kier alpha value is -0.197. The fourth-order valence-electron chi connectivity index (χ4n) is 1.85. The Morgan fingerprint density at radius 1 is 0.593 bits per heavy atom. The first-order chi connectivity index (χ1) is 12.1. The minimum Gasteiger partial charge on any atom is -0.678 e. The van der Waals surface area contributed by atoms with Gasteiger partial charge in [-0.1, -0.05) is 81.1 Å². The van der Waals surface area contributed by atoms with Crippen molar-refractivity contribution < 1.29 is 29.1 Å². The van der Waals surface area contributed by atoms with Crippen LogP contribution in [0.3, 0.4) is 0 Å². The summed E-state index contributed by atoms with van der Waals surface area (Å²) < 4.78 is 0. The van der Waals surface area contributed by atoms with Gasteiger partial charge in [0, 0.05) is 0 Å². The first-order valence-electron chi connectivity index (χ1n) is 9.35. The molecular weight excluding hydrogens is 429 g/mol. The fraction of sp³-hybridized carbons (Fsp3) is 0.900. The van der Waals surface area contributed by atoms with Crippen LogP contribution < -0.4 is 0 Å². The molecule has 0 bridgehead atoms. The van der Waals surface area contributed by atoms with Gasteiger partial charge in [0.25, 0.3) is 0 Å². The quantitative estimate of drug-likeness (QED) is 0.231. The van der Waals surface area contributed by atoms with E-state index in [0.717, 1.165) is 13.1 Å². The van der Waals surface area contributed by atoms with Crippen molar-refractivity contribution in [1.82, 2.24) is 0 Å². The van der Waals surface area contributed by atoms with Crippen molar-refractivity contribution in [3.8, 4) is 0 Å². The second-order valence-corrected chi connectivity index (χ2v) is 6.80. The summed E-state index contributed by atoms with van der Waals surface area (Å²) in [5.41, 5.74) is 0. The predicted octanol–water partition coefficient (Wildman–Crippen LogP) is 5.74. The average molecular weight is 472 g/mol. The maximum absolute atomic E-state index is 7.75. The van der Waals surface area contributed by atoms with Gasteiger partial charge in [-0.3, -0.25) is 13.6 Å². The summed E-state index contributed by atoms with van der Waals surface area (Å²) in [6, 6.07) is 0.801. The summed E-state index contributed by atoms with van der Waals surface area (Å²) in [5.74, 6) is 1.08. The van der Waals surface area contributed by atoms with Crippen LogP contribution in [0, 0.1) is 11.8 Å². The molecule has 6 nitrogen and oxygen atoms in total. The molecule has 162 valence electrons. The SMILES string of the molecule is CC[N-]C([N-]C(C)C)C(C)C.CC[N-]C([N-]C(C)C)C(C)C.[CH-]=O.[CH-]=O.[Ru+6]. The van der Waals surface area contributed by atoms with E-state index in [2.05, 4.69) is 104 Å². The summed E-state index contributed by atoms with van der Waals surface area (Å²) in [6.07, 6.45) is 0.417. The zero-order chi connectivity index (χ0) is 21.7. The molecule has 0 aromatic heterocycles. The Kier molecular flexibility index (Phi) is 39.0. The van der Waals surface area contributed by atoms with Crippen molar-refractivity contribution in [3.05, 3.63) is 21.3 Å². The van der Waals surface area contributed by atoms with E-state index in [1.807, 2.05) is 0 Å². The molecule has 2 unspecified atom stereocenters. The van der Waals surface area contributed by atoms with Crippen molar-refractivity contribution in [2.24, 2.45) is 11.8 Å². The van der Waals surface area contributed by atoms with Crippen LogP contribution in [0.15, 0.2) is 0 Å². The Bertz CT molecular complexity index is 242. The largest absolute Gasteiger partial charge is 6.00 e. The van der Waals surface area contributed by atoms with Crippen molar-refractivity contribution in [3.63, 3.8) is 0 Å². The van der Waals surface area contributed by atoms with E-state index in [-0.39, 0.29) is 31.8 Å². The molecule has 0 aliphatic carbocycles. The predicted molar refractivity (Wildman–Crippen MR) is 116 cm³/mol. The van der Waals surface area contributed by atoms with E-state index in [9.17, 15) is 0 Å². The second kappa shape index (κ2) is 28.0. The summed E-state index contributed by atoms with van der Waals surface area (Å²) >= 11 is 0. The first-order valence-corrected chi connectivity index (χ1v) is 9.35. The van der Waals surface area contributed by atoms with Crippen LogP contribution in [0.4, 0.5) is 0 Å². The van der Waals surface area contributed by atoms with Crippen LogP contribution in [0.25, 0.3) is 21.3 Å². The molecule has 0 saturated heterocycles. The molecule has 7 heteroatoms. The van der Waals surface area contributed by atoms with E-state index < -0.39 is 0 Å². The van der Waals surface area contributed by atoms with Crippen LogP contribution in [-0.2, 0) is 29.1 Å². The van der Waals surface area contributed by atoms with Gasteiger partial charge in [-0.25, -0.2) is 12.3 Å². The molecule has 0 amide bonds. The van der Waals surface area contributed by atoms with Gasteiger partial charge in [0.1, 0.15) is 0 Å². The Morgan fingerprint density at radius 2 is 0.815 bits per heavy atom. The van der Waals surface area contributed by atoms with Crippen LogP contribution >= 0.6 is 0 Å². The molecule has 0 saturated carbocycles. The smallest absolute Gasteiger partial charge is 0.678 e. The third-order valence-electron chi connectivity index (χ3n) is 2.83. The van der Waals surface area contributed by atoms with Crippen molar-refractivity contribution in [1.29, 1.82) is 0 Å². The van der Waals surface area contributed by atoms with E-state index >= 15 is 0 Å². The summed E-state index contributed by atoms with van der Waals surface area (Å²) in [5, 5.41) is 17.8. The molecular formula is C20H42N4O2Ru. The van der Waals surface area contributed by atoms with Gasteiger partial charge in [-0.2, -0.15) is 13.1 Å². The van der Waals surface area contributed by atoms with Crippen molar-refractivity contribution in [2.75, 3.05) is 13.1 Å². The first kappa shape index (κ1) is 37.5. The maximum Gasteiger partial charge on any atom is 6.00 e. The monoisotopic (exact) mass is 472 g/mol. The standard InChI is InChI=1S/2C9H20N2.2CHO.Ru/c2*1-6-10-9(7(2)3)11-8(4)5;2*1-2;/h2*7-9H,6H2,1-5H3;2*1H;/q2*-2;2*-1;+6. The van der Waals surface area contributed by atoms with Gasteiger partial charge in [-0.05, 0) is 0 Å². The third kappa shape index (κ3) is 30.8. The topological polar surface area (TPSA) is 90.5 Å². The van der Waals surface area contributed by atoms with Gasteiger partial charge < -0.3 is 30.9 Å². The molecule has 0 spiro atoms. The number of carbonyl (C=O) groups excluding carboxylic acids is 2. The second-order valence-electron chi connectivity index (χ2n) is 6.80. The van der Waals surface area contributed by atoms with Gasteiger partial charge in [0.2, 0.25) is 0 Å². The van der Waals surface area contributed by atoms with Gasteiger partial charge in [0.15, 0.2) is 0 Å². The van der Waals surface area contributed by atoms with E-state index in [1.165, 1.54) is 0 Å². The normalized spacial score (nSPS) is 12.1. The molecule has 0 N–H and O–H groups in total. The van der Waals surface area contributed by atoms with Crippen molar-refractivity contribution >= 4 is 13.6 Å². The van der Waals surface area contributed by atoms with Crippen LogP contribution in [-0.4, -0.2) is 51.1 Å².